The van der Waals surface area contributed by atoms with Gasteiger partial charge >= 0.3 is 6.03 Å². The van der Waals surface area contributed by atoms with Crippen LogP contribution in [0.2, 0.25) is 0 Å². The zero-order valence-corrected chi connectivity index (χ0v) is 17.3. The number of benzene rings is 2. The van der Waals surface area contributed by atoms with E-state index in [9.17, 15) is 9.59 Å². The summed E-state index contributed by atoms with van der Waals surface area (Å²) in [5.41, 5.74) is 3.06. The largest absolute Gasteiger partial charge is 0.342 e. The van der Waals surface area contributed by atoms with Crippen molar-refractivity contribution in [2.45, 2.75) is 13.8 Å². The molecule has 1 saturated heterocycles. The van der Waals surface area contributed by atoms with E-state index in [1.54, 1.807) is 0 Å². The van der Waals surface area contributed by atoms with Gasteiger partial charge in [0.25, 0.3) is 0 Å². The van der Waals surface area contributed by atoms with Gasteiger partial charge in [-0.3, -0.25) is 9.69 Å². The Bertz CT molecular complexity index is 795. The molecule has 6 nitrogen and oxygen atoms in total. The molecular formula is C23H30N4O2. The number of nitrogens with one attached hydrogen (secondary N) is 1. The molecule has 29 heavy (non-hydrogen) atoms. The van der Waals surface area contributed by atoms with Crippen LogP contribution >= 0.6 is 0 Å². The summed E-state index contributed by atoms with van der Waals surface area (Å²) in [6, 6.07) is 18.0. The molecule has 0 unspecified atom stereocenters. The molecule has 0 spiro atoms. The Morgan fingerprint density at radius 3 is 2.03 bits per heavy atom. The van der Waals surface area contributed by atoms with E-state index in [4.69, 9.17) is 0 Å². The normalized spacial score (nSPS) is 14.5. The van der Waals surface area contributed by atoms with Crippen molar-refractivity contribution in [3.8, 4) is 11.1 Å². The first-order valence-corrected chi connectivity index (χ1v) is 10.3. The van der Waals surface area contributed by atoms with Crippen LogP contribution in [0.25, 0.3) is 11.1 Å². The summed E-state index contributed by atoms with van der Waals surface area (Å²) in [5.74, 6) is 0.159. The first kappa shape index (κ1) is 20.9. The van der Waals surface area contributed by atoms with Crippen molar-refractivity contribution in [1.29, 1.82) is 0 Å². The molecule has 2 aromatic carbocycles. The standard InChI is InChI=1S/C23H30N4O2/c1-3-26(4-2)22(28)18-25-14-16-27(17-15-25)23(29)24-21-12-10-20(11-13-21)19-8-6-5-7-9-19/h5-13H,3-4,14-18H2,1-2H3,(H,24,29). The van der Waals surface area contributed by atoms with Crippen LogP contribution in [0.4, 0.5) is 10.5 Å². The van der Waals surface area contributed by atoms with Crippen molar-refractivity contribution in [2.75, 3.05) is 51.1 Å². The quantitative estimate of drug-likeness (QED) is 0.817. The fourth-order valence-corrected chi connectivity index (χ4v) is 3.56. The SMILES string of the molecule is CCN(CC)C(=O)CN1CCN(C(=O)Nc2ccc(-c3ccccc3)cc2)CC1. The van der Waals surface area contributed by atoms with Crippen molar-refractivity contribution in [3.05, 3.63) is 54.6 Å². The van der Waals surface area contributed by atoms with Gasteiger partial charge in [-0.05, 0) is 37.1 Å². The Hall–Kier alpha value is -2.86. The molecule has 1 fully saturated rings. The molecule has 1 aliphatic rings. The lowest BCUT2D eigenvalue weighted by Gasteiger charge is -2.35. The molecule has 3 rings (SSSR count). The third-order valence-corrected chi connectivity index (χ3v) is 5.38. The first-order chi connectivity index (χ1) is 14.1. The highest BCUT2D eigenvalue weighted by atomic mass is 16.2. The third kappa shape index (κ3) is 5.57. The van der Waals surface area contributed by atoms with Gasteiger partial charge in [-0.25, -0.2) is 4.79 Å². The number of amides is 3. The fraction of sp³-hybridized carbons (Fsp3) is 0.391. The number of carbonyl (C=O) groups is 2. The maximum Gasteiger partial charge on any atom is 0.321 e. The Kier molecular flexibility index (Phi) is 7.25. The molecule has 1 heterocycles. The van der Waals surface area contributed by atoms with Crippen LogP contribution in [0.3, 0.4) is 0 Å². The van der Waals surface area contributed by atoms with Crippen LogP contribution in [-0.2, 0) is 4.79 Å². The lowest BCUT2D eigenvalue weighted by Crippen LogP contribution is -2.52. The second-order valence-corrected chi connectivity index (χ2v) is 7.20. The van der Waals surface area contributed by atoms with Crippen LogP contribution in [0.15, 0.2) is 54.6 Å². The Labute approximate surface area is 173 Å². The summed E-state index contributed by atoms with van der Waals surface area (Å²) in [5, 5.41) is 2.98. The van der Waals surface area contributed by atoms with Gasteiger partial charge in [0.15, 0.2) is 0 Å². The van der Waals surface area contributed by atoms with Gasteiger partial charge < -0.3 is 15.1 Å². The van der Waals surface area contributed by atoms with Crippen molar-refractivity contribution in [3.63, 3.8) is 0 Å². The number of hydrogen-bond acceptors (Lipinski definition) is 3. The average molecular weight is 395 g/mol. The maximum absolute atomic E-state index is 12.6. The van der Waals surface area contributed by atoms with Crippen LogP contribution in [0, 0.1) is 0 Å². The molecular weight excluding hydrogens is 364 g/mol. The van der Waals surface area contributed by atoms with E-state index < -0.39 is 0 Å². The van der Waals surface area contributed by atoms with E-state index in [1.807, 2.05) is 66.1 Å². The van der Waals surface area contributed by atoms with Crippen LogP contribution in [0.5, 0.6) is 0 Å². The van der Waals surface area contributed by atoms with Crippen molar-refractivity contribution in [2.24, 2.45) is 0 Å². The third-order valence-electron chi connectivity index (χ3n) is 5.38. The van der Waals surface area contributed by atoms with Gasteiger partial charge in [0, 0.05) is 45.0 Å². The van der Waals surface area contributed by atoms with Gasteiger partial charge in [-0.1, -0.05) is 42.5 Å². The number of rotatable bonds is 6. The Morgan fingerprint density at radius 2 is 1.45 bits per heavy atom. The maximum atomic E-state index is 12.6. The predicted octanol–water partition coefficient (Wildman–Crippen LogP) is 3.37. The minimum atomic E-state index is -0.0906. The first-order valence-electron chi connectivity index (χ1n) is 10.3. The predicted molar refractivity (Wildman–Crippen MR) is 117 cm³/mol. The number of hydrogen-bond donors (Lipinski definition) is 1. The minimum absolute atomic E-state index is 0.0906. The molecule has 1 N–H and O–H groups in total. The number of likely N-dealkylation sites (N-methyl/N-ethyl adjacent to an activating group) is 1. The van der Waals surface area contributed by atoms with E-state index in [0.717, 1.165) is 29.9 Å². The molecule has 0 saturated carbocycles. The fourth-order valence-electron chi connectivity index (χ4n) is 3.56. The molecule has 0 atom stereocenters. The second kappa shape index (κ2) is 10.1. The van der Waals surface area contributed by atoms with E-state index in [0.29, 0.717) is 32.7 Å². The number of anilines is 1. The lowest BCUT2D eigenvalue weighted by molar-refractivity contribution is -0.132. The molecule has 3 amide bonds. The molecule has 0 aromatic heterocycles. The highest BCUT2D eigenvalue weighted by Crippen LogP contribution is 2.21. The highest BCUT2D eigenvalue weighted by molar-refractivity contribution is 5.89. The van der Waals surface area contributed by atoms with Gasteiger partial charge in [-0.2, -0.15) is 0 Å². The van der Waals surface area contributed by atoms with Crippen molar-refractivity contribution in [1.82, 2.24) is 14.7 Å². The van der Waals surface area contributed by atoms with Crippen molar-refractivity contribution < 1.29 is 9.59 Å². The van der Waals surface area contributed by atoms with E-state index in [1.165, 1.54) is 0 Å². The smallest absolute Gasteiger partial charge is 0.321 e. The second-order valence-electron chi connectivity index (χ2n) is 7.20. The molecule has 0 bridgehead atoms. The molecule has 2 aromatic rings. The topological polar surface area (TPSA) is 55.9 Å². The molecule has 0 aliphatic carbocycles. The summed E-state index contributed by atoms with van der Waals surface area (Å²) >= 11 is 0. The van der Waals surface area contributed by atoms with Crippen LogP contribution in [-0.4, -0.2) is 72.5 Å². The number of nitrogens with zero attached hydrogens (tertiary/aromatic N) is 3. The highest BCUT2D eigenvalue weighted by Gasteiger charge is 2.23. The molecule has 154 valence electrons. The lowest BCUT2D eigenvalue weighted by atomic mass is 10.1. The van der Waals surface area contributed by atoms with Gasteiger partial charge in [0.1, 0.15) is 0 Å². The van der Waals surface area contributed by atoms with Gasteiger partial charge in [0.2, 0.25) is 5.91 Å². The Balaban J connectivity index is 1.48. The summed E-state index contributed by atoms with van der Waals surface area (Å²) < 4.78 is 0. The summed E-state index contributed by atoms with van der Waals surface area (Å²) in [6.45, 7) is 8.57. The van der Waals surface area contributed by atoms with Gasteiger partial charge in [-0.15, -0.1) is 0 Å². The zero-order valence-electron chi connectivity index (χ0n) is 17.3. The van der Waals surface area contributed by atoms with Crippen molar-refractivity contribution >= 4 is 17.6 Å². The average Bonchev–Trinajstić information content (AvgIpc) is 2.76. The summed E-state index contributed by atoms with van der Waals surface area (Å²) in [7, 11) is 0. The summed E-state index contributed by atoms with van der Waals surface area (Å²) in [4.78, 5) is 30.6. The van der Waals surface area contributed by atoms with Crippen LogP contribution < -0.4 is 5.32 Å². The molecule has 1 aliphatic heterocycles. The van der Waals surface area contributed by atoms with E-state index in [2.05, 4.69) is 22.3 Å². The minimum Gasteiger partial charge on any atom is -0.342 e. The summed E-state index contributed by atoms with van der Waals surface area (Å²) in [6.07, 6.45) is 0. The van der Waals surface area contributed by atoms with Crippen LogP contribution in [0.1, 0.15) is 13.8 Å². The Morgan fingerprint density at radius 1 is 0.862 bits per heavy atom. The number of piperazine rings is 1. The number of urea groups is 1. The van der Waals surface area contributed by atoms with E-state index >= 15 is 0 Å². The molecule has 6 heteroatoms. The van der Waals surface area contributed by atoms with E-state index in [-0.39, 0.29) is 11.9 Å². The monoisotopic (exact) mass is 394 g/mol. The van der Waals surface area contributed by atoms with Gasteiger partial charge in [0.05, 0.1) is 6.54 Å². The zero-order chi connectivity index (χ0) is 20.6. The molecule has 0 radical (unpaired) electrons. The number of carbonyl (C=O) groups excluding carboxylic acids is 2.